The highest BCUT2D eigenvalue weighted by Gasteiger charge is 2.12. The van der Waals surface area contributed by atoms with Gasteiger partial charge in [-0.3, -0.25) is 0 Å². The Balaban J connectivity index is 2.63. The molecule has 1 aromatic heterocycles. The van der Waals surface area contributed by atoms with Gasteiger partial charge in [-0.05, 0) is 49.6 Å². The zero-order valence-electron chi connectivity index (χ0n) is 9.60. The molecule has 1 heterocycles. The van der Waals surface area contributed by atoms with E-state index in [-0.39, 0.29) is 0 Å². The van der Waals surface area contributed by atoms with E-state index in [0.29, 0.717) is 0 Å². The van der Waals surface area contributed by atoms with Crippen molar-refractivity contribution < 1.29 is 0 Å². The van der Waals surface area contributed by atoms with Gasteiger partial charge in [0.05, 0.1) is 5.00 Å². The van der Waals surface area contributed by atoms with Gasteiger partial charge in [0.15, 0.2) is 0 Å². The number of anilines is 1. The molecule has 0 aliphatic rings. The lowest BCUT2D eigenvalue weighted by Crippen LogP contribution is -1.87. The third-order valence-electron chi connectivity index (χ3n) is 2.86. The van der Waals surface area contributed by atoms with Crippen LogP contribution in [0.3, 0.4) is 0 Å². The van der Waals surface area contributed by atoms with E-state index in [9.17, 15) is 0 Å². The van der Waals surface area contributed by atoms with Crippen molar-refractivity contribution in [1.82, 2.24) is 0 Å². The predicted octanol–water partition coefficient (Wildman–Crippen LogP) is 4.58. The first-order chi connectivity index (χ1) is 7.50. The molecular formula is C13H14ClNS. The van der Waals surface area contributed by atoms with Crippen molar-refractivity contribution in [2.24, 2.45) is 0 Å². The van der Waals surface area contributed by atoms with Crippen molar-refractivity contribution in [1.29, 1.82) is 0 Å². The van der Waals surface area contributed by atoms with Crippen molar-refractivity contribution in [3.63, 3.8) is 0 Å². The Kier molecular flexibility index (Phi) is 2.96. The summed E-state index contributed by atoms with van der Waals surface area (Å²) in [6.45, 7) is 6.22. The van der Waals surface area contributed by atoms with Gasteiger partial charge in [0.2, 0.25) is 0 Å². The molecule has 0 saturated carbocycles. The number of nitrogen functional groups attached to an aromatic ring is 1. The fourth-order valence-electron chi connectivity index (χ4n) is 1.81. The van der Waals surface area contributed by atoms with Crippen LogP contribution in [0.2, 0.25) is 5.02 Å². The van der Waals surface area contributed by atoms with Crippen LogP contribution in [0.5, 0.6) is 0 Å². The Bertz CT molecular complexity index is 543. The van der Waals surface area contributed by atoms with Gasteiger partial charge >= 0.3 is 0 Å². The number of nitrogens with two attached hydrogens (primary N) is 1. The summed E-state index contributed by atoms with van der Waals surface area (Å²) in [6.07, 6.45) is 0. The Labute approximate surface area is 105 Å². The van der Waals surface area contributed by atoms with Crippen LogP contribution in [0, 0.1) is 20.8 Å². The molecule has 1 nitrogen and oxygen atoms in total. The van der Waals surface area contributed by atoms with Crippen LogP contribution in [0.15, 0.2) is 18.2 Å². The lowest BCUT2D eigenvalue weighted by Gasteiger charge is -2.05. The van der Waals surface area contributed by atoms with Crippen molar-refractivity contribution in [3.8, 4) is 11.1 Å². The van der Waals surface area contributed by atoms with Crippen LogP contribution in [-0.4, -0.2) is 0 Å². The van der Waals surface area contributed by atoms with Crippen LogP contribution in [0.25, 0.3) is 11.1 Å². The molecular weight excluding hydrogens is 238 g/mol. The average molecular weight is 252 g/mol. The molecule has 84 valence electrons. The van der Waals surface area contributed by atoms with Gasteiger partial charge in [0.25, 0.3) is 0 Å². The summed E-state index contributed by atoms with van der Waals surface area (Å²) in [4.78, 5) is 1.28. The quantitative estimate of drug-likeness (QED) is 0.789. The van der Waals surface area contributed by atoms with Crippen molar-refractivity contribution in [3.05, 3.63) is 39.2 Å². The van der Waals surface area contributed by atoms with E-state index in [1.165, 1.54) is 10.4 Å². The minimum absolute atomic E-state index is 0.798. The van der Waals surface area contributed by atoms with Gasteiger partial charge in [0, 0.05) is 15.5 Å². The Morgan fingerprint density at radius 3 is 2.38 bits per heavy atom. The highest BCUT2D eigenvalue weighted by Crippen LogP contribution is 2.38. The molecule has 0 atom stereocenters. The normalized spacial score (nSPS) is 10.8. The average Bonchev–Trinajstić information content (AvgIpc) is 2.47. The fourth-order valence-corrected chi connectivity index (χ4v) is 2.89. The maximum atomic E-state index is 6.05. The second-order valence-electron chi connectivity index (χ2n) is 3.99. The van der Waals surface area contributed by atoms with E-state index >= 15 is 0 Å². The Morgan fingerprint density at radius 2 is 1.88 bits per heavy atom. The second-order valence-corrected chi connectivity index (χ2v) is 5.65. The minimum atomic E-state index is 0.798. The van der Waals surface area contributed by atoms with E-state index in [0.717, 1.165) is 26.7 Å². The number of aryl methyl sites for hydroxylation is 2. The summed E-state index contributed by atoms with van der Waals surface area (Å²) in [5.74, 6) is 0. The molecule has 0 bridgehead atoms. The van der Waals surface area contributed by atoms with E-state index in [2.05, 4.69) is 19.9 Å². The molecule has 0 radical (unpaired) electrons. The van der Waals surface area contributed by atoms with E-state index in [4.69, 9.17) is 17.3 Å². The van der Waals surface area contributed by atoms with Crippen LogP contribution in [0.1, 0.15) is 16.0 Å². The molecule has 0 fully saturated rings. The summed E-state index contributed by atoms with van der Waals surface area (Å²) in [5, 5.41) is 1.68. The molecule has 1 aromatic carbocycles. The molecule has 3 heteroatoms. The topological polar surface area (TPSA) is 26.0 Å². The van der Waals surface area contributed by atoms with Crippen LogP contribution >= 0.6 is 22.9 Å². The van der Waals surface area contributed by atoms with E-state index in [1.54, 1.807) is 11.3 Å². The number of halogens is 1. The summed E-state index contributed by atoms with van der Waals surface area (Å²) >= 11 is 7.67. The molecule has 0 amide bonds. The van der Waals surface area contributed by atoms with E-state index in [1.807, 2.05) is 19.1 Å². The minimum Gasteiger partial charge on any atom is -0.390 e. The van der Waals surface area contributed by atoms with Gasteiger partial charge in [0.1, 0.15) is 0 Å². The number of thiophene rings is 1. The lowest BCUT2D eigenvalue weighted by molar-refractivity contribution is 1.42. The third kappa shape index (κ3) is 1.83. The van der Waals surface area contributed by atoms with Gasteiger partial charge in [-0.15, -0.1) is 11.3 Å². The largest absolute Gasteiger partial charge is 0.390 e. The molecule has 0 aliphatic heterocycles. The van der Waals surface area contributed by atoms with Crippen molar-refractivity contribution in [2.45, 2.75) is 20.8 Å². The zero-order chi connectivity index (χ0) is 11.9. The number of benzene rings is 1. The Hall–Kier alpha value is -0.990. The summed E-state index contributed by atoms with van der Waals surface area (Å²) < 4.78 is 0. The third-order valence-corrected chi connectivity index (χ3v) is 4.32. The first-order valence-corrected chi connectivity index (χ1v) is 6.32. The highest BCUT2D eigenvalue weighted by molar-refractivity contribution is 7.16. The monoisotopic (exact) mass is 251 g/mol. The lowest BCUT2D eigenvalue weighted by atomic mass is 10.0. The Morgan fingerprint density at radius 1 is 1.19 bits per heavy atom. The highest BCUT2D eigenvalue weighted by atomic mass is 35.5. The van der Waals surface area contributed by atoms with E-state index < -0.39 is 0 Å². The summed E-state index contributed by atoms with van der Waals surface area (Å²) in [5.41, 5.74) is 10.7. The smallest absolute Gasteiger partial charge is 0.0941 e. The summed E-state index contributed by atoms with van der Waals surface area (Å²) in [6, 6.07) is 6.05. The van der Waals surface area contributed by atoms with Crippen LogP contribution in [0.4, 0.5) is 5.00 Å². The standard InChI is InChI=1S/C13H14ClNS/c1-7-6-10(4-5-11(7)14)12-8(2)9(3)16-13(12)15/h4-6H,15H2,1-3H3. The van der Waals surface area contributed by atoms with Gasteiger partial charge in [-0.2, -0.15) is 0 Å². The molecule has 0 aliphatic carbocycles. The maximum Gasteiger partial charge on any atom is 0.0941 e. The molecule has 16 heavy (non-hydrogen) atoms. The van der Waals surface area contributed by atoms with Crippen LogP contribution < -0.4 is 5.73 Å². The summed E-state index contributed by atoms with van der Waals surface area (Å²) in [7, 11) is 0. The molecule has 2 rings (SSSR count). The second kappa shape index (κ2) is 4.11. The fraction of sp³-hybridized carbons (Fsp3) is 0.231. The number of rotatable bonds is 1. The van der Waals surface area contributed by atoms with Crippen molar-refractivity contribution in [2.75, 3.05) is 5.73 Å². The van der Waals surface area contributed by atoms with Crippen molar-refractivity contribution >= 4 is 27.9 Å². The van der Waals surface area contributed by atoms with Crippen LogP contribution in [-0.2, 0) is 0 Å². The first-order valence-electron chi connectivity index (χ1n) is 5.12. The van der Waals surface area contributed by atoms with Gasteiger partial charge < -0.3 is 5.73 Å². The molecule has 0 saturated heterocycles. The molecule has 0 spiro atoms. The van der Waals surface area contributed by atoms with Gasteiger partial charge in [-0.1, -0.05) is 17.7 Å². The molecule has 2 aromatic rings. The molecule has 0 unspecified atom stereocenters. The SMILES string of the molecule is Cc1cc(-c2c(N)sc(C)c2C)ccc1Cl. The zero-order valence-corrected chi connectivity index (χ0v) is 11.2. The molecule has 2 N–H and O–H groups in total. The number of hydrogen-bond donors (Lipinski definition) is 1. The first kappa shape index (κ1) is 11.5. The van der Waals surface area contributed by atoms with Gasteiger partial charge in [-0.25, -0.2) is 0 Å². The number of hydrogen-bond acceptors (Lipinski definition) is 2. The predicted molar refractivity (Wildman–Crippen MR) is 73.4 cm³/mol. The maximum absolute atomic E-state index is 6.05.